The van der Waals surface area contributed by atoms with Crippen LogP contribution < -0.4 is 10.1 Å². The van der Waals surface area contributed by atoms with Gasteiger partial charge in [-0.15, -0.1) is 11.3 Å². The molecule has 1 atom stereocenters. The summed E-state index contributed by atoms with van der Waals surface area (Å²) in [6, 6.07) is 7.90. The first-order chi connectivity index (χ1) is 13.2. The number of anilines is 1. The van der Waals surface area contributed by atoms with Gasteiger partial charge in [0.1, 0.15) is 22.7 Å². The van der Waals surface area contributed by atoms with Crippen molar-refractivity contribution in [3.8, 4) is 16.9 Å². The van der Waals surface area contributed by atoms with Crippen molar-refractivity contribution < 1.29 is 9.84 Å². The summed E-state index contributed by atoms with van der Waals surface area (Å²) in [6.45, 7) is 0.329. The zero-order valence-corrected chi connectivity index (χ0v) is 15.8. The number of hydrogen-bond acceptors (Lipinski definition) is 7. The van der Waals surface area contributed by atoms with Crippen molar-refractivity contribution >= 4 is 27.4 Å². The lowest BCUT2D eigenvalue weighted by molar-refractivity contribution is 0.191. The Kier molecular flexibility index (Phi) is 4.74. The van der Waals surface area contributed by atoms with Gasteiger partial charge in [0.2, 0.25) is 0 Å². The summed E-state index contributed by atoms with van der Waals surface area (Å²) < 4.78 is 6.91. The highest BCUT2D eigenvalue weighted by molar-refractivity contribution is 7.17. The summed E-state index contributed by atoms with van der Waals surface area (Å²) >= 11 is 1.57. The van der Waals surface area contributed by atoms with E-state index in [9.17, 15) is 5.11 Å². The molecule has 3 heterocycles. The van der Waals surface area contributed by atoms with Crippen molar-refractivity contribution in [2.75, 3.05) is 19.0 Å². The predicted molar refractivity (Wildman–Crippen MR) is 106 cm³/mol. The third kappa shape index (κ3) is 3.49. The lowest BCUT2D eigenvalue weighted by Crippen LogP contribution is -2.13. The van der Waals surface area contributed by atoms with Gasteiger partial charge < -0.3 is 15.2 Å². The first kappa shape index (κ1) is 17.4. The number of aliphatic hydroxyl groups is 1. The number of aromatic nitrogens is 4. The van der Waals surface area contributed by atoms with Crippen molar-refractivity contribution in [1.82, 2.24) is 19.7 Å². The van der Waals surface area contributed by atoms with Gasteiger partial charge in [0.05, 0.1) is 24.8 Å². The molecule has 0 aliphatic rings. The van der Waals surface area contributed by atoms with E-state index >= 15 is 0 Å². The molecule has 0 unspecified atom stereocenters. The van der Waals surface area contributed by atoms with Crippen LogP contribution in [-0.2, 0) is 7.05 Å². The zero-order valence-electron chi connectivity index (χ0n) is 15.0. The molecule has 0 saturated carbocycles. The Labute approximate surface area is 160 Å². The number of nitrogens with one attached hydrogen (secondary N) is 1. The SMILES string of the molecule is COc1ccc(-c2csc3ncnc(NC[C@H](O)c4cnn(C)c4)c23)cc1. The highest BCUT2D eigenvalue weighted by atomic mass is 32.1. The first-order valence-corrected chi connectivity index (χ1v) is 9.31. The van der Waals surface area contributed by atoms with E-state index in [-0.39, 0.29) is 0 Å². The molecule has 1 aromatic carbocycles. The van der Waals surface area contributed by atoms with E-state index < -0.39 is 6.10 Å². The van der Waals surface area contributed by atoms with E-state index in [0.717, 1.165) is 32.7 Å². The van der Waals surface area contributed by atoms with E-state index in [2.05, 4.69) is 25.8 Å². The molecule has 4 rings (SSSR count). The maximum atomic E-state index is 10.4. The Morgan fingerprint density at radius 2 is 2.07 bits per heavy atom. The topological polar surface area (TPSA) is 85.1 Å². The molecule has 0 fully saturated rings. The molecule has 8 heteroatoms. The Morgan fingerprint density at radius 1 is 1.26 bits per heavy atom. The summed E-state index contributed by atoms with van der Waals surface area (Å²) in [4.78, 5) is 9.67. The van der Waals surface area contributed by atoms with E-state index in [1.807, 2.05) is 31.3 Å². The molecule has 27 heavy (non-hydrogen) atoms. The van der Waals surface area contributed by atoms with Crippen LogP contribution in [0.5, 0.6) is 5.75 Å². The molecule has 0 radical (unpaired) electrons. The largest absolute Gasteiger partial charge is 0.497 e. The number of aliphatic hydroxyl groups excluding tert-OH is 1. The quantitative estimate of drug-likeness (QED) is 0.533. The van der Waals surface area contributed by atoms with E-state index in [1.54, 1.807) is 35.5 Å². The summed E-state index contributed by atoms with van der Waals surface area (Å²) in [5, 5.41) is 20.8. The van der Waals surface area contributed by atoms with Gasteiger partial charge in [-0.2, -0.15) is 5.10 Å². The average Bonchev–Trinajstić information content (AvgIpc) is 3.33. The molecule has 0 saturated heterocycles. The van der Waals surface area contributed by atoms with Gasteiger partial charge >= 0.3 is 0 Å². The lowest BCUT2D eigenvalue weighted by atomic mass is 10.1. The van der Waals surface area contributed by atoms with Crippen LogP contribution in [0.3, 0.4) is 0 Å². The van der Waals surface area contributed by atoms with Gasteiger partial charge in [0.15, 0.2) is 0 Å². The fourth-order valence-electron chi connectivity index (χ4n) is 2.92. The molecule has 0 bridgehead atoms. The van der Waals surface area contributed by atoms with Gasteiger partial charge in [0, 0.05) is 36.3 Å². The molecule has 3 aromatic heterocycles. The van der Waals surface area contributed by atoms with Crippen molar-refractivity contribution in [3.63, 3.8) is 0 Å². The average molecular weight is 381 g/mol. The summed E-state index contributed by atoms with van der Waals surface area (Å²) in [5.41, 5.74) is 2.88. The standard InChI is InChI=1S/C19H19N5O2S/c1-24-9-13(7-23-24)16(25)8-20-18-17-15(10-27-19(17)22-11-21-18)12-3-5-14(26-2)6-4-12/h3-7,9-11,16,25H,8H2,1-2H3,(H,20,21,22)/t16-/m0/s1. The van der Waals surface area contributed by atoms with E-state index in [4.69, 9.17) is 4.74 Å². The van der Waals surface area contributed by atoms with E-state index in [1.165, 1.54) is 6.33 Å². The molecule has 138 valence electrons. The van der Waals surface area contributed by atoms with Crippen LogP contribution in [0.1, 0.15) is 11.7 Å². The number of nitrogens with zero attached hydrogens (tertiary/aromatic N) is 4. The number of ether oxygens (including phenoxy) is 1. The van der Waals surface area contributed by atoms with Gasteiger partial charge in [-0.1, -0.05) is 12.1 Å². The molecule has 0 aliphatic heterocycles. The van der Waals surface area contributed by atoms with Crippen LogP contribution in [0.15, 0.2) is 48.4 Å². The molecule has 0 spiro atoms. The minimum atomic E-state index is -0.674. The second-order valence-corrected chi connectivity index (χ2v) is 6.98. The highest BCUT2D eigenvalue weighted by Crippen LogP contribution is 2.37. The molecule has 0 amide bonds. The maximum absolute atomic E-state index is 10.4. The van der Waals surface area contributed by atoms with Gasteiger partial charge in [-0.25, -0.2) is 9.97 Å². The fraction of sp³-hybridized carbons (Fsp3) is 0.211. The van der Waals surface area contributed by atoms with Crippen molar-refractivity contribution in [2.45, 2.75) is 6.10 Å². The van der Waals surface area contributed by atoms with Crippen molar-refractivity contribution in [2.24, 2.45) is 7.05 Å². The monoisotopic (exact) mass is 381 g/mol. The summed E-state index contributed by atoms with van der Waals surface area (Å²) in [6.07, 6.45) is 4.33. The van der Waals surface area contributed by atoms with Gasteiger partial charge in [0.25, 0.3) is 0 Å². The Balaban J connectivity index is 1.63. The van der Waals surface area contributed by atoms with Crippen LogP contribution >= 0.6 is 11.3 Å². The third-order valence-corrected chi connectivity index (χ3v) is 5.23. The second-order valence-electron chi connectivity index (χ2n) is 6.12. The summed E-state index contributed by atoms with van der Waals surface area (Å²) in [5.74, 6) is 1.52. The molecular formula is C19H19N5O2S. The van der Waals surface area contributed by atoms with Gasteiger partial charge in [-0.05, 0) is 17.7 Å². The number of benzene rings is 1. The van der Waals surface area contributed by atoms with Crippen LogP contribution in [0.2, 0.25) is 0 Å². The molecule has 4 aromatic rings. The molecule has 7 nitrogen and oxygen atoms in total. The minimum Gasteiger partial charge on any atom is -0.497 e. The highest BCUT2D eigenvalue weighted by Gasteiger charge is 2.15. The van der Waals surface area contributed by atoms with Crippen LogP contribution in [0, 0.1) is 0 Å². The fourth-order valence-corrected chi connectivity index (χ4v) is 3.83. The summed E-state index contributed by atoms with van der Waals surface area (Å²) in [7, 11) is 3.47. The number of aryl methyl sites for hydroxylation is 1. The Bertz CT molecular complexity index is 1060. The zero-order chi connectivity index (χ0) is 18.8. The normalized spacial score (nSPS) is 12.3. The van der Waals surface area contributed by atoms with Crippen molar-refractivity contribution in [1.29, 1.82) is 0 Å². The van der Waals surface area contributed by atoms with Crippen LogP contribution in [0.25, 0.3) is 21.3 Å². The van der Waals surface area contributed by atoms with E-state index in [0.29, 0.717) is 12.4 Å². The second kappa shape index (κ2) is 7.34. The number of thiophene rings is 1. The number of methoxy groups -OCH3 is 1. The first-order valence-electron chi connectivity index (χ1n) is 8.43. The molecular weight excluding hydrogens is 362 g/mol. The number of rotatable bonds is 6. The maximum Gasteiger partial charge on any atom is 0.138 e. The lowest BCUT2D eigenvalue weighted by Gasteiger charge is -2.12. The van der Waals surface area contributed by atoms with Gasteiger partial charge in [-0.3, -0.25) is 4.68 Å². The van der Waals surface area contributed by atoms with Crippen LogP contribution in [0.4, 0.5) is 5.82 Å². The number of fused-ring (bicyclic) bond motifs is 1. The van der Waals surface area contributed by atoms with Crippen molar-refractivity contribution in [3.05, 3.63) is 53.9 Å². The number of hydrogen-bond donors (Lipinski definition) is 2. The Hall–Kier alpha value is -2.97. The van der Waals surface area contributed by atoms with Crippen LogP contribution in [-0.4, -0.2) is 38.5 Å². The Morgan fingerprint density at radius 3 is 2.78 bits per heavy atom. The smallest absolute Gasteiger partial charge is 0.138 e. The molecule has 2 N–H and O–H groups in total. The molecule has 0 aliphatic carbocycles. The third-order valence-electron chi connectivity index (χ3n) is 4.34. The minimum absolute atomic E-state index is 0.329. The predicted octanol–water partition coefficient (Wildman–Crippen LogP) is 3.25.